The van der Waals surface area contributed by atoms with E-state index in [0.29, 0.717) is 12.1 Å². The van der Waals surface area contributed by atoms with Crippen molar-refractivity contribution < 1.29 is 31.1 Å². The number of alkyl halides is 3. The summed E-state index contributed by atoms with van der Waals surface area (Å²) in [5.41, 5.74) is -3.01. The Morgan fingerprint density at radius 2 is 1.64 bits per heavy atom. The molecule has 3 rings (SSSR count). The summed E-state index contributed by atoms with van der Waals surface area (Å²) in [6.07, 6.45) is -3.77. The second kappa shape index (κ2) is 6.53. The standard InChI is InChI=1S/C16H13F6N5O/c1-15(2,28-11-9(18)4-7(17)5-10(11)19)14-26-25-13(27(14)3)8-6-23-24-12(8)16(20,21)22/h4-6H,1-3H3,(H,23,24). The van der Waals surface area contributed by atoms with Crippen LogP contribution in [-0.2, 0) is 18.8 Å². The highest BCUT2D eigenvalue weighted by Gasteiger charge is 2.38. The lowest BCUT2D eigenvalue weighted by molar-refractivity contribution is -0.140. The van der Waals surface area contributed by atoms with Crippen LogP contribution in [0.4, 0.5) is 26.3 Å². The number of nitrogens with zero attached hydrogens (tertiary/aromatic N) is 4. The fourth-order valence-corrected chi connectivity index (χ4v) is 2.69. The van der Waals surface area contributed by atoms with Crippen molar-refractivity contribution in [3.05, 3.63) is 47.3 Å². The number of nitrogens with one attached hydrogen (secondary N) is 1. The molecule has 2 aromatic heterocycles. The van der Waals surface area contributed by atoms with E-state index in [-0.39, 0.29) is 17.2 Å². The van der Waals surface area contributed by atoms with E-state index in [1.54, 1.807) is 0 Å². The second-order valence-electron chi connectivity index (χ2n) is 6.37. The number of aromatic amines is 1. The number of aromatic nitrogens is 5. The van der Waals surface area contributed by atoms with Gasteiger partial charge in [-0.15, -0.1) is 10.2 Å². The highest BCUT2D eigenvalue weighted by Crippen LogP contribution is 2.36. The molecule has 150 valence electrons. The first kappa shape index (κ1) is 19.7. The van der Waals surface area contributed by atoms with Crippen LogP contribution in [0.5, 0.6) is 5.75 Å². The molecule has 0 aliphatic heterocycles. The van der Waals surface area contributed by atoms with Gasteiger partial charge in [0.1, 0.15) is 5.82 Å². The summed E-state index contributed by atoms with van der Waals surface area (Å²) in [6.45, 7) is 2.76. The third kappa shape index (κ3) is 3.41. The molecule has 6 nitrogen and oxygen atoms in total. The van der Waals surface area contributed by atoms with Crippen LogP contribution in [0.15, 0.2) is 18.3 Å². The summed E-state index contributed by atoms with van der Waals surface area (Å²) in [7, 11) is 1.36. The highest BCUT2D eigenvalue weighted by atomic mass is 19.4. The van der Waals surface area contributed by atoms with Crippen molar-refractivity contribution in [1.82, 2.24) is 25.0 Å². The average Bonchev–Trinajstić information content (AvgIpc) is 3.17. The predicted molar refractivity (Wildman–Crippen MR) is 83.6 cm³/mol. The fraction of sp³-hybridized carbons (Fsp3) is 0.312. The summed E-state index contributed by atoms with van der Waals surface area (Å²) in [5.74, 6) is -4.74. The minimum absolute atomic E-state index is 0.0278. The minimum atomic E-state index is -4.70. The maximum atomic E-state index is 13.9. The largest absolute Gasteiger partial charge is 0.474 e. The molecule has 0 radical (unpaired) electrons. The first-order chi connectivity index (χ1) is 12.9. The molecule has 0 unspecified atom stereocenters. The van der Waals surface area contributed by atoms with Crippen LogP contribution in [0.2, 0.25) is 0 Å². The molecule has 28 heavy (non-hydrogen) atoms. The molecule has 1 N–H and O–H groups in total. The van der Waals surface area contributed by atoms with Crippen molar-refractivity contribution in [1.29, 1.82) is 0 Å². The summed E-state index contributed by atoms with van der Waals surface area (Å²) in [4.78, 5) is 0. The summed E-state index contributed by atoms with van der Waals surface area (Å²) < 4.78 is 86.6. The van der Waals surface area contributed by atoms with E-state index >= 15 is 0 Å². The molecule has 0 amide bonds. The Morgan fingerprint density at radius 3 is 2.21 bits per heavy atom. The van der Waals surface area contributed by atoms with E-state index in [4.69, 9.17) is 4.74 Å². The molecule has 0 saturated heterocycles. The lowest BCUT2D eigenvalue weighted by Gasteiger charge is -2.26. The minimum Gasteiger partial charge on any atom is -0.474 e. The molecule has 1 aromatic carbocycles. The third-order valence-corrected chi connectivity index (χ3v) is 3.90. The van der Waals surface area contributed by atoms with Crippen LogP contribution in [-0.4, -0.2) is 25.0 Å². The molecule has 0 aliphatic rings. The number of benzene rings is 1. The van der Waals surface area contributed by atoms with Crippen molar-refractivity contribution in [2.24, 2.45) is 7.05 Å². The molecule has 0 fully saturated rings. The zero-order chi connectivity index (χ0) is 20.9. The SMILES string of the molecule is Cn1c(-c2cn[nH]c2C(F)(F)F)nnc1C(C)(C)Oc1c(F)cc(F)cc1F. The average molecular weight is 405 g/mol. The molecule has 12 heteroatoms. The number of rotatable bonds is 4. The van der Waals surface area contributed by atoms with Crippen LogP contribution in [0.25, 0.3) is 11.4 Å². The number of hydrogen-bond donors (Lipinski definition) is 1. The van der Waals surface area contributed by atoms with Gasteiger partial charge in [-0.05, 0) is 13.8 Å². The van der Waals surface area contributed by atoms with E-state index in [9.17, 15) is 26.3 Å². The third-order valence-electron chi connectivity index (χ3n) is 3.90. The van der Waals surface area contributed by atoms with Crippen molar-refractivity contribution in [3.63, 3.8) is 0 Å². The van der Waals surface area contributed by atoms with E-state index in [2.05, 4.69) is 15.3 Å². The first-order valence-electron chi connectivity index (χ1n) is 7.76. The van der Waals surface area contributed by atoms with Gasteiger partial charge in [-0.3, -0.25) is 5.10 Å². The zero-order valence-electron chi connectivity index (χ0n) is 14.7. The smallest absolute Gasteiger partial charge is 0.433 e. The Hall–Kier alpha value is -3.05. The van der Waals surface area contributed by atoms with E-state index in [1.165, 1.54) is 25.5 Å². The molecule has 0 saturated carbocycles. The van der Waals surface area contributed by atoms with Gasteiger partial charge in [0.05, 0.1) is 11.8 Å². The van der Waals surface area contributed by atoms with Gasteiger partial charge < -0.3 is 9.30 Å². The Kier molecular flexibility index (Phi) is 4.60. The van der Waals surface area contributed by atoms with Crippen LogP contribution in [0.3, 0.4) is 0 Å². The van der Waals surface area contributed by atoms with Crippen LogP contribution >= 0.6 is 0 Å². The molecular formula is C16H13F6N5O. The number of ether oxygens (including phenoxy) is 1. The number of H-pyrrole nitrogens is 1. The Labute approximate surface area is 154 Å². The van der Waals surface area contributed by atoms with E-state index in [1.807, 2.05) is 5.10 Å². The van der Waals surface area contributed by atoms with E-state index < -0.39 is 40.7 Å². The zero-order valence-corrected chi connectivity index (χ0v) is 14.7. The Balaban J connectivity index is 2.01. The summed E-state index contributed by atoms with van der Waals surface area (Å²) in [5, 5.41) is 12.8. The Bertz CT molecular complexity index is 1000. The molecule has 0 bridgehead atoms. The normalized spacial score (nSPS) is 12.5. The highest BCUT2D eigenvalue weighted by molar-refractivity contribution is 5.58. The van der Waals surface area contributed by atoms with Crippen LogP contribution < -0.4 is 4.74 Å². The summed E-state index contributed by atoms with van der Waals surface area (Å²) >= 11 is 0. The maximum Gasteiger partial charge on any atom is 0.433 e. The van der Waals surface area contributed by atoms with Gasteiger partial charge in [0.25, 0.3) is 0 Å². The second-order valence-corrected chi connectivity index (χ2v) is 6.37. The van der Waals surface area contributed by atoms with Gasteiger partial charge in [0.2, 0.25) is 0 Å². The topological polar surface area (TPSA) is 68.6 Å². The molecule has 0 atom stereocenters. The molecule has 0 spiro atoms. The van der Waals surface area contributed by atoms with E-state index in [0.717, 1.165) is 6.20 Å². The molecule has 2 heterocycles. The fourth-order valence-electron chi connectivity index (χ4n) is 2.69. The van der Waals surface area contributed by atoms with Crippen molar-refractivity contribution >= 4 is 0 Å². The van der Waals surface area contributed by atoms with Crippen molar-refractivity contribution in [3.8, 4) is 17.1 Å². The predicted octanol–water partition coefficient (Wildman–Crippen LogP) is 3.96. The van der Waals surface area contributed by atoms with Gasteiger partial charge in [-0.2, -0.15) is 18.3 Å². The van der Waals surface area contributed by atoms with Crippen LogP contribution in [0, 0.1) is 17.5 Å². The number of halogens is 6. The molecule has 3 aromatic rings. The Morgan fingerprint density at radius 1 is 1.04 bits per heavy atom. The maximum absolute atomic E-state index is 13.9. The summed E-state index contributed by atoms with van der Waals surface area (Å²) in [6, 6.07) is 0.884. The monoisotopic (exact) mass is 405 g/mol. The van der Waals surface area contributed by atoms with Gasteiger partial charge in [0, 0.05) is 19.2 Å². The van der Waals surface area contributed by atoms with Crippen molar-refractivity contribution in [2.45, 2.75) is 25.6 Å². The molecular weight excluding hydrogens is 392 g/mol. The van der Waals surface area contributed by atoms with Gasteiger partial charge in [0.15, 0.2) is 40.3 Å². The molecule has 0 aliphatic carbocycles. The first-order valence-corrected chi connectivity index (χ1v) is 7.76. The van der Waals surface area contributed by atoms with Gasteiger partial charge >= 0.3 is 6.18 Å². The van der Waals surface area contributed by atoms with Crippen LogP contribution in [0.1, 0.15) is 25.4 Å². The van der Waals surface area contributed by atoms with Gasteiger partial charge in [-0.1, -0.05) is 0 Å². The van der Waals surface area contributed by atoms with Gasteiger partial charge in [-0.25, -0.2) is 13.2 Å². The lowest BCUT2D eigenvalue weighted by atomic mass is 10.1. The lowest BCUT2D eigenvalue weighted by Crippen LogP contribution is -2.30. The quantitative estimate of drug-likeness (QED) is 0.668. The van der Waals surface area contributed by atoms with Crippen molar-refractivity contribution in [2.75, 3.05) is 0 Å². The number of hydrogen-bond acceptors (Lipinski definition) is 4.